The zero-order chi connectivity index (χ0) is 13.7. The summed E-state index contributed by atoms with van der Waals surface area (Å²) < 4.78 is 5.15. The van der Waals surface area contributed by atoms with Gasteiger partial charge in [0.1, 0.15) is 5.76 Å². The van der Waals surface area contributed by atoms with E-state index in [4.69, 9.17) is 4.42 Å². The summed E-state index contributed by atoms with van der Waals surface area (Å²) in [5, 5.41) is 5.56. The fraction of sp³-hybridized carbons (Fsp3) is 0.214. The number of carbonyl (C=O) groups is 1. The van der Waals surface area contributed by atoms with Crippen molar-refractivity contribution in [2.75, 3.05) is 24.3 Å². The quantitative estimate of drug-likeness (QED) is 0.887. The number of urea groups is 1. The van der Waals surface area contributed by atoms with Crippen molar-refractivity contribution in [1.82, 2.24) is 5.32 Å². The molecule has 2 amide bonds. The lowest BCUT2D eigenvalue weighted by atomic mass is 10.2. The summed E-state index contributed by atoms with van der Waals surface area (Å²) in [5.41, 5.74) is 1.72. The molecule has 0 saturated heterocycles. The minimum atomic E-state index is -0.259. The summed E-state index contributed by atoms with van der Waals surface area (Å²) >= 11 is 0. The molecule has 0 aliphatic carbocycles. The van der Waals surface area contributed by atoms with E-state index < -0.39 is 0 Å². The second-order valence-electron chi connectivity index (χ2n) is 4.30. The fourth-order valence-electron chi connectivity index (χ4n) is 1.72. The van der Waals surface area contributed by atoms with E-state index in [-0.39, 0.29) is 6.03 Å². The number of benzene rings is 1. The van der Waals surface area contributed by atoms with Crippen LogP contribution in [0.5, 0.6) is 0 Å². The maximum absolute atomic E-state index is 11.8. The molecule has 19 heavy (non-hydrogen) atoms. The van der Waals surface area contributed by atoms with Crippen molar-refractivity contribution in [1.29, 1.82) is 0 Å². The van der Waals surface area contributed by atoms with Crippen LogP contribution in [0.15, 0.2) is 47.1 Å². The molecule has 0 spiro atoms. The second-order valence-corrected chi connectivity index (χ2v) is 4.30. The van der Waals surface area contributed by atoms with Crippen molar-refractivity contribution in [2.24, 2.45) is 0 Å². The highest BCUT2D eigenvalue weighted by molar-refractivity contribution is 5.93. The zero-order valence-corrected chi connectivity index (χ0v) is 11.0. The SMILES string of the molecule is CN(C)c1ccccc1NC(=O)NCc1ccco1. The molecule has 2 rings (SSSR count). The second kappa shape index (κ2) is 5.95. The molecule has 0 bridgehead atoms. The Morgan fingerprint density at radius 3 is 2.68 bits per heavy atom. The Morgan fingerprint density at radius 1 is 1.21 bits per heavy atom. The van der Waals surface area contributed by atoms with Crippen molar-refractivity contribution in [3.05, 3.63) is 48.4 Å². The largest absolute Gasteiger partial charge is 0.467 e. The van der Waals surface area contributed by atoms with Crippen LogP contribution < -0.4 is 15.5 Å². The van der Waals surface area contributed by atoms with Crippen LogP contribution in [0.2, 0.25) is 0 Å². The maximum atomic E-state index is 11.8. The van der Waals surface area contributed by atoms with Gasteiger partial charge in [-0.3, -0.25) is 0 Å². The number of para-hydroxylation sites is 2. The summed E-state index contributed by atoms with van der Waals surface area (Å²) in [6.07, 6.45) is 1.58. The van der Waals surface area contributed by atoms with E-state index in [0.29, 0.717) is 6.54 Å². The average molecular weight is 259 g/mol. The summed E-state index contributed by atoms with van der Waals surface area (Å²) in [4.78, 5) is 13.7. The van der Waals surface area contributed by atoms with Crippen LogP contribution in [0.4, 0.5) is 16.2 Å². The van der Waals surface area contributed by atoms with Crippen molar-refractivity contribution in [3.8, 4) is 0 Å². The van der Waals surface area contributed by atoms with Crippen LogP contribution in [0, 0.1) is 0 Å². The molecule has 1 aromatic heterocycles. The molecular weight excluding hydrogens is 242 g/mol. The molecule has 100 valence electrons. The van der Waals surface area contributed by atoms with Gasteiger partial charge in [-0.1, -0.05) is 12.1 Å². The Hall–Kier alpha value is -2.43. The molecule has 0 radical (unpaired) electrons. The first kappa shape index (κ1) is 13.0. The fourth-order valence-corrected chi connectivity index (χ4v) is 1.72. The van der Waals surface area contributed by atoms with Crippen molar-refractivity contribution in [2.45, 2.75) is 6.54 Å². The van der Waals surface area contributed by atoms with E-state index in [0.717, 1.165) is 17.1 Å². The minimum Gasteiger partial charge on any atom is -0.467 e. The van der Waals surface area contributed by atoms with Gasteiger partial charge in [-0.2, -0.15) is 0 Å². The molecule has 5 nitrogen and oxygen atoms in total. The molecule has 2 aromatic rings. The smallest absolute Gasteiger partial charge is 0.319 e. The van der Waals surface area contributed by atoms with Gasteiger partial charge in [-0.15, -0.1) is 0 Å². The molecule has 2 N–H and O–H groups in total. The molecule has 0 unspecified atom stereocenters. The van der Waals surface area contributed by atoms with Crippen LogP contribution >= 0.6 is 0 Å². The van der Waals surface area contributed by atoms with Gasteiger partial charge in [0, 0.05) is 14.1 Å². The summed E-state index contributed by atoms with van der Waals surface area (Å²) in [6.45, 7) is 0.364. The number of nitrogens with one attached hydrogen (secondary N) is 2. The van der Waals surface area contributed by atoms with E-state index in [1.165, 1.54) is 0 Å². The normalized spacial score (nSPS) is 10.0. The Balaban J connectivity index is 1.95. The Kier molecular flexibility index (Phi) is 4.07. The summed E-state index contributed by atoms with van der Waals surface area (Å²) in [7, 11) is 3.86. The summed E-state index contributed by atoms with van der Waals surface area (Å²) in [5.74, 6) is 0.719. The lowest BCUT2D eigenvalue weighted by Gasteiger charge is -2.17. The minimum absolute atomic E-state index is 0.259. The Labute approximate surface area is 112 Å². The molecule has 1 aromatic carbocycles. The van der Waals surface area contributed by atoms with E-state index in [1.54, 1.807) is 12.3 Å². The van der Waals surface area contributed by atoms with E-state index in [1.807, 2.05) is 49.3 Å². The maximum Gasteiger partial charge on any atom is 0.319 e. The predicted molar refractivity (Wildman–Crippen MR) is 75.3 cm³/mol. The van der Waals surface area contributed by atoms with Gasteiger partial charge in [0.2, 0.25) is 0 Å². The Morgan fingerprint density at radius 2 is 2.00 bits per heavy atom. The third-order valence-electron chi connectivity index (χ3n) is 2.64. The standard InChI is InChI=1S/C14H17N3O2/c1-17(2)13-8-4-3-7-12(13)16-14(18)15-10-11-6-5-9-19-11/h3-9H,10H2,1-2H3,(H2,15,16,18). The molecule has 0 atom stereocenters. The van der Waals surface area contributed by atoms with Crippen LogP contribution in [-0.4, -0.2) is 20.1 Å². The highest BCUT2D eigenvalue weighted by Crippen LogP contribution is 2.23. The van der Waals surface area contributed by atoms with Gasteiger partial charge in [0.15, 0.2) is 0 Å². The zero-order valence-electron chi connectivity index (χ0n) is 11.0. The van der Waals surface area contributed by atoms with Gasteiger partial charge in [0.05, 0.1) is 24.2 Å². The van der Waals surface area contributed by atoms with E-state index in [2.05, 4.69) is 10.6 Å². The van der Waals surface area contributed by atoms with Crippen LogP contribution in [0.25, 0.3) is 0 Å². The van der Waals surface area contributed by atoms with Gasteiger partial charge in [-0.05, 0) is 24.3 Å². The van der Waals surface area contributed by atoms with Crippen LogP contribution in [0.3, 0.4) is 0 Å². The molecule has 5 heteroatoms. The number of anilines is 2. The number of nitrogens with zero attached hydrogens (tertiary/aromatic N) is 1. The van der Waals surface area contributed by atoms with Gasteiger partial charge in [0.25, 0.3) is 0 Å². The highest BCUT2D eigenvalue weighted by atomic mass is 16.3. The first-order chi connectivity index (χ1) is 9.16. The lowest BCUT2D eigenvalue weighted by molar-refractivity contribution is 0.251. The number of rotatable bonds is 4. The number of hydrogen-bond donors (Lipinski definition) is 2. The first-order valence-corrected chi connectivity index (χ1v) is 6.00. The van der Waals surface area contributed by atoms with Crippen LogP contribution in [0.1, 0.15) is 5.76 Å². The van der Waals surface area contributed by atoms with E-state index in [9.17, 15) is 4.79 Å². The van der Waals surface area contributed by atoms with Crippen molar-refractivity contribution in [3.63, 3.8) is 0 Å². The lowest BCUT2D eigenvalue weighted by Crippen LogP contribution is -2.28. The Bertz CT molecular complexity index is 535. The van der Waals surface area contributed by atoms with Crippen molar-refractivity contribution < 1.29 is 9.21 Å². The van der Waals surface area contributed by atoms with Crippen LogP contribution in [-0.2, 0) is 6.54 Å². The third-order valence-corrected chi connectivity index (χ3v) is 2.64. The number of hydrogen-bond acceptors (Lipinski definition) is 3. The monoisotopic (exact) mass is 259 g/mol. The average Bonchev–Trinajstić information content (AvgIpc) is 2.90. The number of furan rings is 1. The third kappa shape index (κ3) is 3.51. The van der Waals surface area contributed by atoms with E-state index >= 15 is 0 Å². The number of carbonyl (C=O) groups excluding carboxylic acids is 1. The molecule has 0 aliphatic heterocycles. The van der Waals surface area contributed by atoms with Gasteiger partial charge in [-0.25, -0.2) is 4.79 Å². The van der Waals surface area contributed by atoms with Gasteiger partial charge >= 0.3 is 6.03 Å². The topological polar surface area (TPSA) is 57.5 Å². The van der Waals surface area contributed by atoms with Gasteiger partial charge < -0.3 is 20.0 Å². The molecule has 0 aliphatic rings. The molecular formula is C14H17N3O2. The molecule has 0 fully saturated rings. The number of amides is 2. The predicted octanol–water partition coefficient (Wildman–Crippen LogP) is 2.67. The first-order valence-electron chi connectivity index (χ1n) is 6.00. The molecule has 0 saturated carbocycles. The van der Waals surface area contributed by atoms with Crippen molar-refractivity contribution >= 4 is 17.4 Å². The molecule has 1 heterocycles. The highest BCUT2D eigenvalue weighted by Gasteiger charge is 2.07. The summed E-state index contributed by atoms with van der Waals surface area (Å²) in [6, 6.07) is 11.0.